The second-order valence-corrected chi connectivity index (χ2v) is 12.9. The smallest absolute Gasteiger partial charge is 0.264 e. The standard InChI is InChI=1S/C30H35Cl2N3O4S/c1-20(2)24-12-14-25(15-13-24)35(40(38,39)26-9-7-6-8-10-26)19-29(36)34(22(5)30(37)33-21(3)4)18-23-11-16-27(31)28(32)17-23/h6-17,20-22H,18-19H2,1-5H3,(H,33,37)/t22-/m1/s1. The van der Waals surface area contributed by atoms with Gasteiger partial charge in [0.1, 0.15) is 12.6 Å². The highest BCUT2D eigenvalue weighted by atomic mass is 35.5. The Kier molecular flexibility index (Phi) is 10.6. The number of nitrogens with one attached hydrogen (secondary N) is 1. The molecule has 1 atom stereocenters. The van der Waals surface area contributed by atoms with Crippen LogP contribution in [-0.2, 0) is 26.2 Å². The average Bonchev–Trinajstić information content (AvgIpc) is 2.91. The summed E-state index contributed by atoms with van der Waals surface area (Å²) in [6.45, 7) is 8.85. The first-order valence-corrected chi connectivity index (χ1v) is 15.2. The van der Waals surface area contributed by atoms with E-state index in [0.29, 0.717) is 21.3 Å². The molecule has 0 bridgehead atoms. The molecule has 0 aliphatic heterocycles. The molecule has 0 radical (unpaired) electrons. The third kappa shape index (κ3) is 7.77. The van der Waals surface area contributed by atoms with Gasteiger partial charge in [-0.25, -0.2) is 8.42 Å². The molecule has 214 valence electrons. The van der Waals surface area contributed by atoms with Crippen molar-refractivity contribution in [1.82, 2.24) is 10.2 Å². The molecule has 40 heavy (non-hydrogen) atoms. The normalized spacial score (nSPS) is 12.3. The quantitative estimate of drug-likeness (QED) is 0.280. The van der Waals surface area contributed by atoms with Crippen LogP contribution in [0.1, 0.15) is 51.7 Å². The molecule has 7 nitrogen and oxygen atoms in total. The van der Waals surface area contributed by atoms with Crippen molar-refractivity contribution in [2.75, 3.05) is 10.8 Å². The third-order valence-corrected chi connectivity index (χ3v) is 8.92. The summed E-state index contributed by atoms with van der Waals surface area (Å²) in [5, 5.41) is 3.50. The molecular weight excluding hydrogens is 569 g/mol. The zero-order valence-electron chi connectivity index (χ0n) is 23.3. The van der Waals surface area contributed by atoms with E-state index in [2.05, 4.69) is 5.32 Å². The maximum Gasteiger partial charge on any atom is 0.264 e. The lowest BCUT2D eigenvalue weighted by Crippen LogP contribution is -2.52. The molecule has 0 heterocycles. The van der Waals surface area contributed by atoms with Crippen LogP contribution >= 0.6 is 23.2 Å². The van der Waals surface area contributed by atoms with Crippen molar-refractivity contribution in [3.05, 3.63) is 94.0 Å². The number of anilines is 1. The van der Waals surface area contributed by atoms with Crippen LogP contribution in [-0.4, -0.2) is 43.8 Å². The Labute approximate surface area is 247 Å². The fraction of sp³-hybridized carbons (Fsp3) is 0.333. The highest BCUT2D eigenvalue weighted by Crippen LogP contribution is 2.27. The lowest BCUT2D eigenvalue weighted by atomic mass is 10.0. The van der Waals surface area contributed by atoms with Gasteiger partial charge in [-0.15, -0.1) is 0 Å². The number of carbonyl (C=O) groups is 2. The van der Waals surface area contributed by atoms with Crippen LogP contribution in [0, 0.1) is 0 Å². The van der Waals surface area contributed by atoms with Gasteiger partial charge in [-0.2, -0.15) is 0 Å². The zero-order valence-corrected chi connectivity index (χ0v) is 25.6. The summed E-state index contributed by atoms with van der Waals surface area (Å²) < 4.78 is 28.8. The Hall–Kier alpha value is -3.07. The molecule has 3 aromatic rings. The first-order valence-electron chi connectivity index (χ1n) is 13.0. The van der Waals surface area contributed by atoms with Gasteiger partial charge in [0.15, 0.2) is 0 Å². The summed E-state index contributed by atoms with van der Waals surface area (Å²) in [5.41, 5.74) is 2.02. The Morgan fingerprint density at radius 2 is 1.48 bits per heavy atom. The molecule has 1 N–H and O–H groups in total. The highest BCUT2D eigenvalue weighted by Gasteiger charge is 2.32. The predicted molar refractivity (Wildman–Crippen MR) is 161 cm³/mol. The summed E-state index contributed by atoms with van der Waals surface area (Å²) in [6, 6.07) is 19.0. The summed E-state index contributed by atoms with van der Waals surface area (Å²) >= 11 is 12.3. The molecule has 0 spiro atoms. The Balaban J connectivity index is 2.04. The van der Waals surface area contributed by atoms with Crippen molar-refractivity contribution in [1.29, 1.82) is 0 Å². The number of benzene rings is 3. The van der Waals surface area contributed by atoms with Gasteiger partial charge in [0.2, 0.25) is 11.8 Å². The van der Waals surface area contributed by atoms with E-state index in [1.165, 1.54) is 17.0 Å². The predicted octanol–water partition coefficient (Wildman–Crippen LogP) is 6.25. The van der Waals surface area contributed by atoms with Gasteiger partial charge >= 0.3 is 0 Å². The SMILES string of the molecule is CC(C)NC(=O)[C@@H](C)N(Cc1ccc(Cl)c(Cl)c1)C(=O)CN(c1ccc(C(C)C)cc1)S(=O)(=O)c1ccccc1. The molecule has 3 rings (SSSR count). The second-order valence-electron chi connectivity index (χ2n) is 10.2. The van der Waals surface area contributed by atoms with Gasteiger partial charge in [0.25, 0.3) is 10.0 Å². The van der Waals surface area contributed by atoms with Crippen molar-refractivity contribution >= 4 is 50.7 Å². The first-order chi connectivity index (χ1) is 18.8. The van der Waals surface area contributed by atoms with E-state index < -0.39 is 28.5 Å². The number of hydrogen-bond acceptors (Lipinski definition) is 4. The minimum Gasteiger partial charge on any atom is -0.352 e. The summed E-state index contributed by atoms with van der Waals surface area (Å²) in [7, 11) is -4.12. The van der Waals surface area contributed by atoms with E-state index in [-0.39, 0.29) is 29.3 Å². The molecule has 0 saturated carbocycles. The minimum absolute atomic E-state index is 0.0217. The number of carbonyl (C=O) groups excluding carboxylic acids is 2. The van der Waals surface area contributed by atoms with Crippen molar-refractivity contribution in [2.45, 2.75) is 64.1 Å². The van der Waals surface area contributed by atoms with E-state index in [4.69, 9.17) is 23.2 Å². The Bertz CT molecular complexity index is 1430. The molecule has 0 unspecified atom stereocenters. The van der Waals surface area contributed by atoms with Crippen LogP contribution in [0.2, 0.25) is 10.0 Å². The van der Waals surface area contributed by atoms with Crippen molar-refractivity contribution in [3.8, 4) is 0 Å². The summed E-state index contributed by atoms with van der Waals surface area (Å²) in [5.74, 6) is -0.663. The molecule has 3 aromatic carbocycles. The van der Waals surface area contributed by atoms with E-state index in [1.54, 1.807) is 55.5 Å². The molecule has 2 amide bonds. The van der Waals surface area contributed by atoms with Gasteiger partial charge in [-0.3, -0.25) is 13.9 Å². The molecule has 0 aromatic heterocycles. The average molecular weight is 605 g/mol. The molecule has 0 saturated heterocycles. The van der Waals surface area contributed by atoms with E-state index >= 15 is 0 Å². The van der Waals surface area contributed by atoms with Crippen LogP contribution in [0.25, 0.3) is 0 Å². The largest absolute Gasteiger partial charge is 0.352 e. The van der Waals surface area contributed by atoms with Crippen molar-refractivity contribution < 1.29 is 18.0 Å². The van der Waals surface area contributed by atoms with Gasteiger partial charge in [0, 0.05) is 12.6 Å². The molecule has 0 aliphatic carbocycles. The Morgan fingerprint density at radius 1 is 0.850 bits per heavy atom. The lowest BCUT2D eigenvalue weighted by molar-refractivity contribution is -0.139. The summed E-state index contributed by atoms with van der Waals surface area (Å²) in [6.07, 6.45) is 0. The van der Waals surface area contributed by atoms with Gasteiger partial charge in [-0.05, 0) is 74.2 Å². The topological polar surface area (TPSA) is 86.8 Å². The molecule has 0 fully saturated rings. The number of sulfonamides is 1. The zero-order chi connectivity index (χ0) is 29.6. The van der Waals surface area contributed by atoms with E-state index in [0.717, 1.165) is 9.87 Å². The maximum atomic E-state index is 13.9. The van der Waals surface area contributed by atoms with Gasteiger partial charge in [-0.1, -0.05) is 73.4 Å². The monoisotopic (exact) mass is 603 g/mol. The Morgan fingerprint density at radius 3 is 2.02 bits per heavy atom. The van der Waals surface area contributed by atoms with Crippen molar-refractivity contribution in [2.24, 2.45) is 0 Å². The number of nitrogens with zero attached hydrogens (tertiary/aromatic N) is 2. The third-order valence-electron chi connectivity index (χ3n) is 6.39. The fourth-order valence-corrected chi connectivity index (χ4v) is 5.85. The van der Waals surface area contributed by atoms with E-state index in [9.17, 15) is 18.0 Å². The van der Waals surface area contributed by atoms with Gasteiger partial charge in [0.05, 0.1) is 20.6 Å². The maximum absolute atomic E-state index is 13.9. The number of amides is 2. The second kappa shape index (κ2) is 13.5. The van der Waals surface area contributed by atoms with Crippen LogP contribution < -0.4 is 9.62 Å². The van der Waals surface area contributed by atoms with Crippen LogP contribution in [0.4, 0.5) is 5.69 Å². The molecular formula is C30H35Cl2N3O4S. The number of rotatable bonds is 11. The first kappa shape index (κ1) is 31.5. The highest BCUT2D eigenvalue weighted by molar-refractivity contribution is 7.92. The van der Waals surface area contributed by atoms with Gasteiger partial charge < -0.3 is 10.2 Å². The fourth-order valence-electron chi connectivity index (χ4n) is 4.10. The van der Waals surface area contributed by atoms with E-state index in [1.807, 2.05) is 39.8 Å². The van der Waals surface area contributed by atoms with Crippen LogP contribution in [0.5, 0.6) is 0 Å². The lowest BCUT2D eigenvalue weighted by Gasteiger charge is -2.32. The molecule has 10 heteroatoms. The summed E-state index contributed by atoms with van der Waals surface area (Å²) in [4.78, 5) is 28.4. The number of hydrogen-bond donors (Lipinski definition) is 1. The molecule has 0 aliphatic rings. The van der Waals surface area contributed by atoms with Crippen LogP contribution in [0.15, 0.2) is 77.7 Å². The van der Waals surface area contributed by atoms with Crippen molar-refractivity contribution in [3.63, 3.8) is 0 Å². The minimum atomic E-state index is -4.12. The van der Waals surface area contributed by atoms with Crippen LogP contribution in [0.3, 0.4) is 0 Å². The number of halogens is 2.